The van der Waals surface area contributed by atoms with Crippen LogP contribution in [0.5, 0.6) is 0 Å². The summed E-state index contributed by atoms with van der Waals surface area (Å²) in [6, 6.07) is 23.0. The zero-order chi connectivity index (χ0) is 11.9. The summed E-state index contributed by atoms with van der Waals surface area (Å²) < 4.78 is 6.05. The van der Waals surface area contributed by atoms with Crippen molar-refractivity contribution in [2.75, 3.05) is 0 Å². The van der Waals surface area contributed by atoms with Crippen LogP contribution < -0.4 is 0 Å². The van der Waals surface area contributed by atoms with Crippen LogP contribution in [0.1, 0.15) is 24.2 Å². The van der Waals surface area contributed by atoms with E-state index in [2.05, 4.69) is 61.5 Å². The number of benzene rings is 2. The molecule has 0 atom stereocenters. The van der Waals surface area contributed by atoms with Gasteiger partial charge in [-0.25, -0.2) is 0 Å². The first-order chi connectivity index (χ1) is 8.42. The normalized spacial score (nSPS) is 11.4. The van der Waals surface area contributed by atoms with E-state index in [1.165, 1.54) is 11.1 Å². The fourth-order valence-electron chi connectivity index (χ4n) is 1.83. The maximum atomic E-state index is 6.05. The average molecular weight is 241 g/mol. The molecule has 1 nitrogen and oxygen atoms in total. The lowest BCUT2D eigenvalue weighted by Crippen LogP contribution is -2.09. The maximum absolute atomic E-state index is 6.05. The largest absolute Gasteiger partial charge is 0.413 e. The third kappa shape index (κ3) is 3.28. The Bertz CT molecular complexity index is 388. The molecule has 17 heavy (non-hydrogen) atoms. The van der Waals surface area contributed by atoms with Gasteiger partial charge in [0.1, 0.15) is 0 Å². The smallest absolute Gasteiger partial charge is 0.165 e. The molecule has 0 amide bonds. The fourth-order valence-corrected chi connectivity index (χ4v) is 2.60. The molecule has 0 unspecified atom stereocenters. The van der Waals surface area contributed by atoms with Crippen LogP contribution in [0.2, 0.25) is 0 Å². The highest BCUT2D eigenvalue weighted by atomic mass is 28.2. The molecule has 87 valence electrons. The van der Waals surface area contributed by atoms with E-state index in [1.54, 1.807) is 0 Å². The minimum absolute atomic E-state index is 0.0836. The summed E-state index contributed by atoms with van der Waals surface area (Å²) in [6.45, 7) is 2.07. The standard InChI is InChI=1S/C15H17OSi/c1-2-17-16-15(13-9-5-3-6-10-13)14-11-7-4-8-12-14/h2-12,15H,17H2,1H3. The van der Waals surface area contributed by atoms with E-state index in [4.69, 9.17) is 4.43 Å². The van der Waals surface area contributed by atoms with Crippen molar-refractivity contribution in [3.63, 3.8) is 0 Å². The van der Waals surface area contributed by atoms with Crippen molar-refractivity contribution < 1.29 is 4.43 Å². The summed E-state index contributed by atoms with van der Waals surface area (Å²) in [6.07, 6.45) is 0.0836. The van der Waals surface area contributed by atoms with Crippen LogP contribution in [0.15, 0.2) is 60.7 Å². The van der Waals surface area contributed by atoms with Crippen molar-refractivity contribution in [2.45, 2.75) is 13.0 Å². The zero-order valence-electron chi connectivity index (χ0n) is 10.0. The van der Waals surface area contributed by atoms with E-state index in [9.17, 15) is 0 Å². The highest BCUT2D eigenvalue weighted by Crippen LogP contribution is 2.25. The minimum Gasteiger partial charge on any atom is -0.413 e. The molecule has 0 spiro atoms. The van der Waals surface area contributed by atoms with E-state index in [-0.39, 0.29) is 6.10 Å². The summed E-state index contributed by atoms with van der Waals surface area (Å²) in [5.74, 6) is 0. The van der Waals surface area contributed by atoms with Crippen molar-refractivity contribution in [1.29, 1.82) is 0 Å². The zero-order valence-corrected chi connectivity index (χ0v) is 11.5. The van der Waals surface area contributed by atoms with Gasteiger partial charge >= 0.3 is 0 Å². The Morgan fingerprint density at radius 3 is 1.76 bits per heavy atom. The monoisotopic (exact) mass is 241 g/mol. The van der Waals surface area contributed by atoms with Crippen LogP contribution in [0, 0.1) is 6.04 Å². The molecule has 0 saturated carbocycles. The van der Waals surface area contributed by atoms with Gasteiger partial charge in [-0.05, 0) is 17.2 Å². The molecular weight excluding hydrogens is 224 g/mol. The first-order valence-electron chi connectivity index (χ1n) is 5.91. The summed E-state index contributed by atoms with van der Waals surface area (Å²) in [5.41, 5.74) is 2.46. The summed E-state index contributed by atoms with van der Waals surface area (Å²) in [5, 5.41) is 0. The lowest BCUT2D eigenvalue weighted by molar-refractivity contribution is 0.264. The van der Waals surface area contributed by atoms with Gasteiger partial charge < -0.3 is 4.43 Å². The van der Waals surface area contributed by atoms with Gasteiger partial charge in [-0.15, -0.1) is 0 Å². The van der Waals surface area contributed by atoms with Crippen LogP contribution in [-0.2, 0) is 4.43 Å². The fraction of sp³-hybridized carbons (Fsp3) is 0.133. The van der Waals surface area contributed by atoms with Gasteiger partial charge in [0, 0.05) is 0 Å². The molecule has 0 fully saturated rings. The van der Waals surface area contributed by atoms with Gasteiger partial charge in [-0.3, -0.25) is 0 Å². The maximum Gasteiger partial charge on any atom is 0.165 e. The topological polar surface area (TPSA) is 9.23 Å². The lowest BCUT2D eigenvalue weighted by Gasteiger charge is -2.18. The molecule has 0 aliphatic heterocycles. The Balaban J connectivity index is 2.26. The molecule has 0 aliphatic carbocycles. The molecule has 0 N–H and O–H groups in total. The van der Waals surface area contributed by atoms with E-state index in [0.717, 1.165) is 0 Å². The third-order valence-corrected chi connectivity index (χ3v) is 3.49. The molecule has 2 aromatic rings. The second kappa shape index (κ2) is 6.38. The molecule has 1 radical (unpaired) electrons. The molecule has 0 aromatic heterocycles. The van der Waals surface area contributed by atoms with Gasteiger partial charge in [0.2, 0.25) is 0 Å². The molecule has 2 aromatic carbocycles. The molecule has 2 heteroatoms. The first-order valence-corrected chi connectivity index (χ1v) is 7.30. The first kappa shape index (κ1) is 12.1. The second-order valence-corrected chi connectivity index (χ2v) is 5.43. The predicted octanol–water partition coefficient (Wildman–Crippen LogP) is 3.06. The number of hydrogen-bond donors (Lipinski definition) is 0. The molecule has 0 aliphatic rings. The average Bonchev–Trinajstić information content (AvgIpc) is 2.42. The minimum atomic E-state index is -0.538. The lowest BCUT2D eigenvalue weighted by atomic mass is 10.0. The molecule has 0 saturated heterocycles. The number of rotatable bonds is 5. The molecule has 0 heterocycles. The Morgan fingerprint density at radius 1 is 0.882 bits per heavy atom. The summed E-state index contributed by atoms with van der Waals surface area (Å²) in [4.78, 5) is 0. The van der Waals surface area contributed by atoms with Crippen LogP contribution in [0.3, 0.4) is 0 Å². The molecule has 2 rings (SSSR count). The third-order valence-electron chi connectivity index (χ3n) is 2.63. The highest BCUT2D eigenvalue weighted by Gasteiger charge is 2.12. The molecular formula is C15H17OSi. The van der Waals surface area contributed by atoms with Crippen LogP contribution >= 0.6 is 0 Å². The van der Waals surface area contributed by atoms with Gasteiger partial charge in [0.25, 0.3) is 0 Å². The Hall–Kier alpha value is -1.38. The van der Waals surface area contributed by atoms with Crippen molar-refractivity contribution >= 4 is 9.76 Å². The summed E-state index contributed by atoms with van der Waals surface area (Å²) in [7, 11) is -0.538. The van der Waals surface area contributed by atoms with Crippen molar-refractivity contribution in [3.8, 4) is 0 Å². The van der Waals surface area contributed by atoms with Crippen molar-refractivity contribution in [1.82, 2.24) is 0 Å². The van der Waals surface area contributed by atoms with Crippen molar-refractivity contribution in [3.05, 3.63) is 77.8 Å². The SMILES string of the molecule is C[CH][SiH2]OC(c1ccccc1)c1ccccc1. The van der Waals surface area contributed by atoms with E-state index < -0.39 is 9.76 Å². The van der Waals surface area contributed by atoms with Crippen molar-refractivity contribution in [2.24, 2.45) is 0 Å². The van der Waals surface area contributed by atoms with E-state index in [1.807, 2.05) is 12.1 Å². The van der Waals surface area contributed by atoms with Gasteiger partial charge in [0.05, 0.1) is 6.10 Å². The van der Waals surface area contributed by atoms with Crippen LogP contribution in [0.4, 0.5) is 0 Å². The Labute approximate surface area is 105 Å². The van der Waals surface area contributed by atoms with Gasteiger partial charge in [0.15, 0.2) is 9.76 Å². The Morgan fingerprint density at radius 2 is 1.35 bits per heavy atom. The Kier molecular flexibility index (Phi) is 4.53. The number of hydrogen-bond acceptors (Lipinski definition) is 1. The summed E-state index contributed by atoms with van der Waals surface area (Å²) >= 11 is 0. The van der Waals surface area contributed by atoms with Crippen LogP contribution in [0.25, 0.3) is 0 Å². The van der Waals surface area contributed by atoms with Crippen LogP contribution in [-0.4, -0.2) is 9.76 Å². The predicted molar refractivity (Wildman–Crippen MR) is 74.3 cm³/mol. The van der Waals surface area contributed by atoms with Gasteiger partial charge in [-0.1, -0.05) is 67.6 Å². The second-order valence-electron chi connectivity index (χ2n) is 3.94. The van der Waals surface area contributed by atoms with Gasteiger partial charge in [-0.2, -0.15) is 0 Å². The quantitative estimate of drug-likeness (QED) is 0.731. The van der Waals surface area contributed by atoms with E-state index in [0.29, 0.717) is 0 Å². The highest BCUT2D eigenvalue weighted by molar-refractivity contribution is 6.32. The van der Waals surface area contributed by atoms with E-state index >= 15 is 0 Å². The molecule has 0 bridgehead atoms.